The Morgan fingerprint density at radius 3 is 2.49 bits per heavy atom. The Kier molecular flexibility index (Phi) is 14.1. The zero-order valence-corrected chi connectivity index (χ0v) is 26.2. The summed E-state index contributed by atoms with van der Waals surface area (Å²) in [6, 6.07) is -0.282. The molecule has 4 unspecified atom stereocenters. The standard InChI is InChI=1S/C18H37BNO14P3S2/c1-39(2,12-20-18(21)31-14-8-6-4-3-5-7-9-14)38-13-29-15-10-17(19)32-16(15)11-30-36(25,26)34-37(27,28)33-35(22,23)24/h3-4,14-17H,5-13,19H2,1-2H3,(H,20,21)(H,25,26)(H,27,28)(H2,22,23,24)/b4-3+/t14?,15-,16?,17-/m1/s1. The molecule has 0 bridgehead atoms. The maximum atomic E-state index is 12.3. The molecule has 0 aromatic rings. The second-order valence-electron chi connectivity index (χ2n) is 9.31. The van der Waals surface area contributed by atoms with Crippen LogP contribution in [0, 0.1) is 0 Å². The third-order valence-electron chi connectivity index (χ3n) is 5.41. The summed E-state index contributed by atoms with van der Waals surface area (Å²) in [6.45, 7) is -0.579. The summed E-state index contributed by atoms with van der Waals surface area (Å²) < 4.78 is 63.4. The topological polar surface area (TPSA) is 217 Å². The lowest BCUT2D eigenvalue weighted by Crippen LogP contribution is -2.31. The summed E-state index contributed by atoms with van der Waals surface area (Å²) in [5.74, 6) is 0.625. The van der Waals surface area contributed by atoms with Gasteiger partial charge in [-0.1, -0.05) is 22.9 Å². The van der Waals surface area contributed by atoms with Gasteiger partial charge >= 0.3 is 29.6 Å². The molecule has 2 aliphatic rings. The molecule has 0 aromatic carbocycles. The molecule has 0 spiro atoms. The first-order valence-electron chi connectivity index (χ1n) is 12.0. The van der Waals surface area contributed by atoms with Gasteiger partial charge in [0.1, 0.15) is 26.0 Å². The molecule has 0 saturated carbocycles. The van der Waals surface area contributed by atoms with Crippen molar-refractivity contribution < 1.29 is 65.4 Å². The van der Waals surface area contributed by atoms with E-state index in [1.165, 1.54) is 10.8 Å². The van der Waals surface area contributed by atoms with Gasteiger partial charge in [-0.2, -0.15) is 17.7 Å². The molecule has 1 fully saturated rings. The molecule has 228 valence electrons. The third kappa shape index (κ3) is 15.2. The van der Waals surface area contributed by atoms with Crippen molar-refractivity contribution in [3.63, 3.8) is 0 Å². The number of carbonyl (C=O) groups excluding carboxylic acids is 1. The fourth-order valence-electron chi connectivity index (χ4n) is 3.67. The van der Waals surface area contributed by atoms with Gasteiger partial charge in [0.15, 0.2) is 0 Å². The normalized spacial score (nSPS) is 28.9. The molecular formula is C18H37BNO14P3S2. The highest BCUT2D eigenvalue weighted by molar-refractivity contribution is 8.93. The van der Waals surface area contributed by atoms with Crippen molar-refractivity contribution in [3.8, 4) is 0 Å². The second-order valence-corrected chi connectivity index (χ2v) is 20.8. The quantitative estimate of drug-likeness (QED) is 0.0596. The van der Waals surface area contributed by atoms with Gasteiger partial charge in [0.05, 0.1) is 18.6 Å². The zero-order chi connectivity index (χ0) is 29.3. The lowest BCUT2D eigenvalue weighted by Gasteiger charge is -2.31. The highest BCUT2D eigenvalue weighted by Crippen LogP contribution is 2.66. The molecule has 0 aromatic heterocycles. The van der Waals surface area contributed by atoms with Crippen LogP contribution in [0.4, 0.5) is 4.79 Å². The largest absolute Gasteiger partial charge is 0.490 e. The van der Waals surface area contributed by atoms with Gasteiger partial charge in [-0.3, -0.25) is 4.52 Å². The Morgan fingerprint density at radius 1 is 1.10 bits per heavy atom. The van der Waals surface area contributed by atoms with E-state index >= 15 is 0 Å². The summed E-state index contributed by atoms with van der Waals surface area (Å²) in [6.07, 6.45) is 11.2. The van der Waals surface area contributed by atoms with Crippen LogP contribution in [0.1, 0.15) is 38.5 Å². The highest BCUT2D eigenvalue weighted by Gasteiger charge is 2.42. The lowest BCUT2D eigenvalue weighted by molar-refractivity contribution is -0.0237. The van der Waals surface area contributed by atoms with E-state index in [2.05, 4.69) is 30.6 Å². The van der Waals surface area contributed by atoms with Gasteiger partial charge in [-0.15, -0.1) is 0 Å². The van der Waals surface area contributed by atoms with Crippen LogP contribution in [-0.2, 0) is 41.1 Å². The molecule has 2 rings (SSSR count). The summed E-state index contributed by atoms with van der Waals surface area (Å²) in [7, 11) is -14.5. The molecule has 5 N–H and O–H groups in total. The fraction of sp³-hybridized carbons (Fsp3) is 0.833. The van der Waals surface area contributed by atoms with Gasteiger partial charge in [-0.25, -0.2) is 18.5 Å². The van der Waals surface area contributed by atoms with E-state index in [1.807, 2.05) is 12.5 Å². The zero-order valence-electron chi connectivity index (χ0n) is 21.9. The van der Waals surface area contributed by atoms with Crippen molar-refractivity contribution >= 4 is 57.3 Å². The number of rotatable bonds is 14. The maximum Gasteiger partial charge on any atom is 0.490 e. The van der Waals surface area contributed by atoms with Crippen LogP contribution < -0.4 is 5.32 Å². The minimum Gasteiger partial charge on any atom is -0.446 e. The van der Waals surface area contributed by atoms with E-state index in [4.69, 9.17) is 24.0 Å². The number of nitrogens with one attached hydrogen (secondary N) is 1. The van der Waals surface area contributed by atoms with Crippen molar-refractivity contribution in [3.05, 3.63) is 12.2 Å². The highest BCUT2D eigenvalue weighted by atomic mass is 33.2. The number of phosphoric ester groups is 1. The van der Waals surface area contributed by atoms with E-state index in [1.54, 1.807) is 7.85 Å². The molecule has 1 saturated heterocycles. The van der Waals surface area contributed by atoms with Gasteiger partial charge in [0.25, 0.3) is 0 Å². The van der Waals surface area contributed by atoms with Crippen LogP contribution in [0.15, 0.2) is 12.2 Å². The van der Waals surface area contributed by atoms with E-state index in [-0.39, 0.29) is 18.0 Å². The Labute approximate surface area is 233 Å². The SMILES string of the molecule is B[C@H]1C[C@@H](OCSS(C)(C)CNC(=O)OC2CC/C=C/CCC2)C(COP(=O)(O)OP(=O)(O)OP(=O)(O)O)O1. The Bertz CT molecular complexity index is 985. The van der Waals surface area contributed by atoms with E-state index in [0.29, 0.717) is 12.3 Å². The van der Waals surface area contributed by atoms with Crippen molar-refractivity contribution in [2.24, 2.45) is 0 Å². The molecule has 6 atom stereocenters. The van der Waals surface area contributed by atoms with Crippen LogP contribution in [-0.4, -0.2) is 88.8 Å². The lowest BCUT2D eigenvalue weighted by atomic mass is 9.96. The first kappa shape index (κ1) is 35.3. The maximum absolute atomic E-state index is 12.3. The molecule has 39 heavy (non-hydrogen) atoms. The summed E-state index contributed by atoms with van der Waals surface area (Å²) in [4.78, 5) is 48.4. The summed E-state index contributed by atoms with van der Waals surface area (Å²) in [5.41, 5.74) is 0. The third-order valence-corrected chi connectivity index (χ3v) is 13.5. The summed E-state index contributed by atoms with van der Waals surface area (Å²) in [5, 5.41) is 2.83. The van der Waals surface area contributed by atoms with Crippen LogP contribution in [0.3, 0.4) is 0 Å². The van der Waals surface area contributed by atoms with Crippen molar-refractivity contribution in [1.29, 1.82) is 0 Å². The van der Waals surface area contributed by atoms with Crippen molar-refractivity contribution in [2.45, 2.75) is 62.8 Å². The van der Waals surface area contributed by atoms with Gasteiger partial charge in [-0.05, 0) is 51.0 Å². The Morgan fingerprint density at radius 2 is 1.79 bits per heavy atom. The first-order chi connectivity index (χ1) is 18.0. The summed E-state index contributed by atoms with van der Waals surface area (Å²) >= 11 is 0. The van der Waals surface area contributed by atoms with Crippen LogP contribution in [0.25, 0.3) is 0 Å². The number of carbonyl (C=O) groups is 1. The number of phosphoric acid groups is 3. The molecule has 1 amide bonds. The van der Waals surface area contributed by atoms with E-state index in [9.17, 15) is 28.3 Å². The van der Waals surface area contributed by atoms with Gasteiger partial charge in [0.2, 0.25) is 0 Å². The smallest absolute Gasteiger partial charge is 0.446 e. The molecule has 0 radical (unpaired) electrons. The van der Waals surface area contributed by atoms with E-state index in [0.717, 1.165) is 32.1 Å². The molecule has 1 aliphatic carbocycles. The number of alkyl carbamates (subject to hydrolysis) is 1. The Hall–Kier alpha value is 0.105. The van der Waals surface area contributed by atoms with Crippen molar-refractivity contribution in [2.75, 3.05) is 30.9 Å². The Balaban J connectivity index is 1.76. The molecule has 1 aliphatic heterocycles. The van der Waals surface area contributed by atoms with Crippen molar-refractivity contribution in [1.82, 2.24) is 5.32 Å². The average molecular weight is 659 g/mol. The minimum absolute atomic E-state index is 0.102. The molecular weight excluding hydrogens is 622 g/mol. The number of amides is 1. The molecule has 15 nitrogen and oxygen atoms in total. The van der Waals surface area contributed by atoms with Gasteiger partial charge < -0.3 is 39.1 Å². The monoisotopic (exact) mass is 659 g/mol. The second kappa shape index (κ2) is 15.5. The molecule has 1 heterocycles. The van der Waals surface area contributed by atoms with Crippen LogP contribution in [0.5, 0.6) is 0 Å². The number of allylic oxidation sites excluding steroid dienone is 2. The predicted octanol–water partition coefficient (Wildman–Crippen LogP) is 2.71. The minimum atomic E-state index is -5.60. The van der Waals surface area contributed by atoms with Gasteiger partial charge in [0, 0.05) is 6.00 Å². The average Bonchev–Trinajstić information content (AvgIpc) is 3.09. The fourth-order valence-corrected chi connectivity index (χ4v) is 9.11. The number of hydrogen-bond donors (Lipinski definition) is 5. The first-order valence-corrected chi connectivity index (χ1v) is 20.6. The van der Waals surface area contributed by atoms with Crippen LogP contribution >= 0.6 is 43.3 Å². The predicted molar refractivity (Wildman–Crippen MR) is 149 cm³/mol. The number of hydrogen-bond acceptors (Lipinski definition) is 11. The van der Waals surface area contributed by atoms with Crippen LogP contribution in [0.2, 0.25) is 0 Å². The molecule has 21 heteroatoms. The number of ether oxygens (including phenoxy) is 3. The van der Waals surface area contributed by atoms with E-state index < -0.39 is 57.4 Å².